The lowest BCUT2D eigenvalue weighted by Crippen LogP contribution is -2.42. The van der Waals surface area contributed by atoms with Crippen molar-refractivity contribution < 1.29 is 19.0 Å². The van der Waals surface area contributed by atoms with Crippen LogP contribution in [0.25, 0.3) is 22.2 Å². The second-order valence-electron chi connectivity index (χ2n) is 11.0. The SMILES string of the molecule is CNc1ncc2cc(-c3c(Cl)c(OC)cc(OC)c3Cl)c(=O)n(CCOC3CCN(C(=O)/C(C#N)=C\C(C)(C)NC)CC3)c2n1. The van der Waals surface area contributed by atoms with Gasteiger partial charge in [0.1, 0.15) is 28.8 Å². The Balaban J connectivity index is 1.57. The van der Waals surface area contributed by atoms with Crippen molar-refractivity contribution in [3.63, 3.8) is 0 Å². The summed E-state index contributed by atoms with van der Waals surface area (Å²) in [5, 5.41) is 16.5. The Labute approximate surface area is 271 Å². The van der Waals surface area contributed by atoms with E-state index < -0.39 is 5.54 Å². The molecule has 45 heavy (non-hydrogen) atoms. The summed E-state index contributed by atoms with van der Waals surface area (Å²) in [6.07, 6.45) is 4.32. The summed E-state index contributed by atoms with van der Waals surface area (Å²) in [5.41, 5.74) is 0.147. The summed E-state index contributed by atoms with van der Waals surface area (Å²) in [4.78, 5) is 37.6. The lowest BCUT2D eigenvalue weighted by Gasteiger charge is -2.32. The van der Waals surface area contributed by atoms with Crippen molar-refractivity contribution in [1.82, 2.24) is 24.8 Å². The van der Waals surface area contributed by atoms with Gasteiger partial charge < -0.3 is 29.7 Å². The number of hydrogen-bond donors (Lipinski definition) is 2. The summed E-state index contributed by atoms with van der Waals surface area (Å²) in [5.74, 6) is 0.666. The number of nitrogens with one attached hydrogen (secondary N) is 2. The van der Waals surface area contributed by atoms with E-state index in [-0.39, 0.29) is 57.5 Å². The molecule has 240 valence electrons. The number of pyridine rings is 1. The van der Waals surface area contributed by atoms with Crippen LogP contribution in [0, 0.1) is 11.3 Å². The Morgan fingerprint density at radius 1 is 1.16 bits per heavy atom. The number of piperidine rings is 1. The lowest BCUT2D eigenvalue weighted by atomic mass is 10.0. The van der Waals surface area contributed by atoms with Crippen LogP contribution in [-0.4, -0.2) is 85.0 Å². The smallest absolute Gasteiger partial charge is 0.264 e. The van der Waals surface area contributed by atoms with Gasteiger partial charge in [0.15, 0.2) is 0 Å². The number of rotatable bonds is 11. The topological polar surface area (TPSA) is 144 Å². The molecule has 3 aromatic rings. The average Bonchev–Trinajstić information content (AvgIpc) is 3.05. The highest BCUT2D eigenvalue weighted by atomic mass is 35.5. The van der Waals surface area contributed by atoms with Crippen molar-refractivity contribution >= 4 is 46.1 Å². The largest absolute Gasteiger partial charge is 0.495 e. The van der Waals surface area contributed by atoms with Crippen molar-refractivity contribution in [2.24, 2.45) is 0 Å². The molecule has 1 fully saturated rings. The van der Waals surface area contributed by atoms with Crippen LogP contribution in [0.2, 0.25) is 10.0 Å². The van der Waals surface area contributed by atoms with Crippen molar-refractivity contribution in [3.8, 4) is 28.7 Å². The van der Waals surface area contributed by atoms with E-state index in [1.165, 1.54) is 18.8 Å². The highest BCUT2D eigenvalue weighted by molar-refractivity contribution is 6.41. The number of methoxy groups -OCH3 is 2. The number of nitrogens with zero attached hydrogens (tertiary/aromatic N) is 5. The number of fused-ring (bicyclic) bond motifs is 1. The molecule has 1 aliphatic rings. The van der Waals surface area contributed by atoms with Crippen LogP contribution in [0.4, 0.5) is 5.95 Å². The molecule has 0 spiro atoms. The minimum Gasteiger partial charge on any atom is -0.495 e. The zero-order valence-electron chi connectivity index (χ0n) is 26.2. The highest BCUT2D eigenvalue weighted by Crippen LogP contribution is 2.45. The third-order valence-electron chi connectivity index (χ3n) is 7.79. The zero-order valence-corrected chi connectivity index (χ0v) is 27.7. The summed E-state index contributed by atoms with van der Waals surface area (Å²) < 4.78 is 18.5. The van der Waals surface area contributed by atoms with E-state index in [1.807, 2.05) is 19.9 Å². The van der Waals surface area contributed by atoms with Gasteiger partial charge in [0, 0.05) is 48.9 Å². The number of anilines is 1. The molecule has 0 atom stereocenters. The number of benzene rings is 1. The number of ether oxygens (including phenoxy) is 3. The van der Waals surface area contributed by atoms with Gasteiger partial charge in [-0.15, -0.1) is 0 Å². The Morgan fingerprint density at radius 2 is 1.80 bits per heavy atom. The monoisotopic (exact) mass is 657 g/mol. The number of carbonyl (C=O) groups excluding carboxylic acids is 1. The molecule has 4 rings (SSSR count). The van der Waals surface area contributed by atoms with Crippen molar-refractivity contribution in [2.45, 2.75) is 44.9 Å². The van der Waals surface area contributed by atoms with E-state index in [1.54, 1.807) is 43.4 Å². The molecule has 0 bridgehead atoms. The fraction of sp³-hybridized carbons (Fsp3) is 0.452. The molecule has 1 aromatic carbocycles. The maximum atomic E-state index is 14.0. The number of halogens is 2. The van der Waals surface area contributed by atoms with E-state index in [0.29, 0.717) is 54.4 Å². The van der Waals surface area contributed by atoms with Crippen LogP contribution in [0.5, 0.6) is 11.5 Å². The molecular weight excluding hydrogens is 621 g/mol. The molecule has 2 N–H and O–H groups in total. The first-order valence-corrected chi connectivity index (χ1v) is 15.2. The lowest BCUT2D eigenvalue weighted by molar-refractivity contribution is -0.129. The fourth-order valence-electron chi connectivity index (χ4n) is 5.07. The molecule has 0 saturated carbocycles. The first kappa shape index (κ1) is 34.0. The molecule has 2 aromatic heterocycles. The third-order valence-corrected chi connectivity index (χ3v) is 8.54. The van der Waals surface area contributed by atoms with Crippen LogP contribution < -0.4 is 25.7 Å². The highest BCUT2D eigenvalue weighted by Gasteiger charge is 2.28. The molecule has 0 aliphatic carbocycles. The number of aromatic nitrogens is 3. The first-order valence-electron chi connectivity index (χ1n) is 14.4. The quantitative estimate of drug-likeness (QED) is 0.226. The fourth-order valence-corrected chi connectivity index (χ4v) is 5.77. The van der Waals surface area contributed by atoms with E-state index in [4.69, 9.17) is 37.4 Å². The Kier molecular flexibility index (Phi) is 10.9. The van der Waals surface area contributed by atoms with Crippen molar-refractivity contribution in [1.29, 1.82) is 5.26 Å². The Bertz CT molecular complexity index is 1680. The Hall–Kier alpha value is -3.89. The van der Waals surface area contributed by atoms with Gasteiger partial charge in [0.25, 0.3) is 11.5 Å². The van der Waals surface area contributed by atoms with Gasteiger partial charge >= 0.3 is 0 Å². The van der Waals surface area contributed by atoms with Crippen LogP contribution in [0.15, 0.2) is 34.8 Å². The number of likely N-dealkylation sites (N-methyl/N-ethyl adjacent to an activating group) is 1. The number of likely N-dealkylation sites (tertiary alicyclic amines) is 1. The minimum absolute atomic E-state index is 0.108. The number of carbonyl (C=O) groups is 1. The van der Waals surface area contributed by atoms with Crippen molar-refractivity contribution in [2.75, 3.05) is 53.3 Å². The van der Waals surface area contributed by atoms with Crippen LogP contribution in [0.1, 0.15) is 26.7 Å². The molecule has 1 amide bonds. The maximum absolute atomic E-state index is 14.0. The van der Waals surface area contributed by atoms with Gasteiger partial charge in [-0.25, -0.2) is 4.98 Å². The third kappa shape index (κ3) is 7.34. The Morgan fingerprint density at radius 3 is 2.36 bits per heavy atom. The molecule has 14 heteroatoms. The number of amides is 1. The minimum atomic E-state index is -0.490. The summed E-state index contributed by atoms with van der Waals surface area (Å²) in [7, 11) is 6.40. The van der Waals surface area contributed by atoms with Crippen molar-refractivity contribution in [3.05, 3.63) is 50.4 Å². The molecule has 1 saturated heterocycles. The molecular formula is C31H37Cl2N7O5. The van der Waals surface area contributed by atoms with Gasteiger partial charge in [-0.1, -0.05) is 23.2 Å². The van der Waals surface area contributed by atoms with E-state index in [0.717, 1.165) is 0 Å². The summed E-state index contributed by atoms with van der Waals surface area (Å²) >= 11 is 13.4. The van der Waals surface area contributed by atoms with Gasteiger partial charge in [0.2, 0.25) is 5.95 Å². The van der Waals surface area contributed by atoms with Gasteiger partial charge in [-0.05, 0) is 45.9 Å². The average molecular weight is 659 g/mol. The second-order valence-corrected chi connectivity index (χ2v) is 11.8. The molecule has 3 heterocycles. The molecule has 0 radical (unpaired) electrons. The normalized spacial score (nSPS) is 14.4. The zero-order chi connectivity index (χ0) is 32.9. The van der Waals surface area contributed by atoms with E-state index in [2.05, 4.69) is 20.6 Å². The maximum Gasteiger partial charge on any atom is 0.264 e. The van der Waals surface area contributed by atoms with E-state index >= 15 is 0 Å². The standard InChI is InChI=1S/C31H37Cl2N7O5/c1-31(2,36-4)15-19(16-34)28(41)39-9-7-20(8-10-39)45-12-11-40-27-18(17-37-30(35-3)38-27)13-21(29(40)42)24-25(32)22(43-5)14-23(44-6)26(24)33/h13-15,17,20,36H,7-12H2,1-6H3,(H,35,37,38)/b19-15-. The van der Waals surface area contributed by atoms with Gasteiger partial charge in [-0.2, -0.15) is 10.2 Å². The van der Waals surface area contributed by atoms with E-state index in [9.17, 15) is 14.9 Å². The first-order chi connectivity index (χ1) is 21.5. The molecule has 0 unspecified atom stereocenters. The van der Waals surface area contributed by atoms with Crippen LogP contribution in [-0.2, 0) is 16.1 Å². The van der Waals surface area contributed by atoms with Gasteiger partial charge in [0.05, 0.1) is 49.1 Å². The summed E-state index contributed by atoms with van der Waals surface area (Å²) in [6, 6.07) is 5.24. The van der Waals surface area contributed by atoms with Crippen LogP contribution in [0.3, 0.4) is 0 Å². The predicted molar refractivity (Wildman–Crippen MR) is 174 cm³/mol. The molecule has 1 aliphatic heterocycles. The second kappa shape index (κ2) is 14.5. The number of hydrogen-bond acceptors (Lipinski definition) is 10. The predicted octanol–water partition coefficient (Wildman–Crippen LogP) is 4.28. The number of nitriles is 1. The molecule has 12 nitrogen and oxygen atoms in total. The summed E-state index contributed by atoms with van der Waals surface area (Å²) in [6.45, 7) is 5.08. The van der Waals surface area contributed by atoms with Crippen LogP contribution >= 0.6 is 23.2 Å². The van der Waals surface area contributed by atoms with Gasteiger partial charge in [-0.3, -0.25) is 14.2 Å².